The van der Waals surface area contributed by atoms with Crippen molar-refractivity contribution >= 4 is 40.1 Å². The Hall–Kier alpha value is -3.46. The highest BCUT2D eigenvalue weighted by molar-refractivity contribution is 7.17. The Kier molecular flexibility index (Phi) is 4.89. The fraction of sp³-hybridized carbons (Fsp3) is 0.200. The van der Waals surface area contributed by atoms with Gasteiger partial charge in [-0.3, -0.25) is 14.9 Å². The summed E-state index contributed by atoms with van der Waals surface area (Å²) in [4.78, 5) is 34.0. The van der Waals surface area contributed by atoms with Crippen LogP contribution in [0.3, 0.4) is 0 Å². The largest absolute Gasteiger partial charge is 0.440 e. The molecule has 29 heavy (non-hydrogen) atoms. The van der Waals surface area contributed by atoms with Gasteiger partial charge < -0.3 is 14.7 Å². The van der Waals surface area contributed by atoms with E-state index in [9.17, 15) is 9.59 Å². The summed E-state index contributed by atoms with van der Waals surface area (Å²) in [5.74, 6) is 0.863. The van der Waals surface area contributed by atoms with Gasteiger partial charge in [0.25, 0.3) is 5.91 Å². The van der Waals surface area contributed by atoms with Gasteiger partial charge in [0, 0.05) is 19.9 Å². The number of aryl methyl sites for hydroxylation is 3. The summed E-state index contributed by atoms with van der Waals surface area (Å²) in [7, 11) is 0. The van der Waals surface area contributed by atoms with Crippen molar-refractivity contribution in [3.05, 3.63) is 52.9 Å². The maximum atomic E-state index is 12.8. The van der Waals surface area contributed by atoms with Crippen LogP contribution in [0.1, 0.15) is 27.5 Å². The number of aromatic nitrogens is 3. The minimum Gasteiger partial charge on any atom is -0.440 e. The fourth-order valence-electron chi connectivity index (χ4n) is 3.01. The lowest BCUT2D eigenvalue weighted by Gasteiger charge is -2.08. The molecule has 0 atom stereocenters. The number of carbonyl (C=O) groups is 2. The maximum Gasteiger partial charge on any atom is 0.268 e. The second kappa shape index (κ2) is 7.51. The van der Waals surface area contributed by atoms with Crippen molar-refractivity contribution in [3.63, 3.8) is 0 Å². The minimum atomic E-state index is -0.415. The molecular formula is C20H19N5O3S. The van der Waals surface area contributed by atoms with Crippen molar-refractivity contribution < 1.29 is 14.0 Å². The first-order chi connectivity index (χ1) is 13.9. The highest BCUT2D eigenvalue weighted by Crippen LogP contribution is 2.29. The zero-order chi connectivity index (χ0) is 20.5. The van der Waals surface area contributed by atoms with Crippen molar-refractivity contribution in [3.8, 4) is 10.6 Å². The Labute approximate surface area is 170 Å². The zero-order valence-corrected chi connectivity index (χ0v) is 16.7. The van der Waals surface area contributed by atoms with Crippen molar-refractivity contribution in [2.24, 2.45) is 5.73 Å². The van der Waals surface area contributed by atoms with E-state index in [-0.39, 0.29) is 12.3 Å². The summed E-state index contributed by atoms with van der Waals surface area (Å²) in [5.41, 5.74) is 7.94. The smallest absolute Gasteiger partial charge is 0.268 e. The average Bonchev–Trinajstić information content (AvgIpc) is 3.37. The van der Waals surface area contributed by atoms with E-state index < -0.39 is 5.91 Å². The summed E-state index contributed by atoms with van der Waals surface area (Å²) in [5, 5.41) is 2.85. The van der Waals surface area contributed by atoms with Crippen molar-refractivity contribution in [1.29, 1.82) is 0 Å². The van der Waals surface area contributed by atoms with E-state index in [1.54, 1.807) is 23.8 Å². The highest BCUT2D eigenvalue weighted by Gasteiger charge is 2.17. The number of rotatable bonds is 6. The van der Waals surface area contributed by atoms with Gasteiger partial charge in [0.1, 0.15) is 0 Å². The second-order valence-electron chi connectivity index (χ2n) is 6.66. The monoisotopic (exact) mass is 409 g/mol. The second-order valence-corrected chi connectivity index (χ2v) is 7.74. The molecule has 1 aromatic carbocycles. The summed E-state index contributed by atoms with van der Waals surface area (Å²) in [6.07, 6.45) is 1.78. The Balaban J connectivity index is 1.62. The van der Waals surface area contributed by atoms with Crippen molar-refractivity contribution in [2.45, 2.75) is 26.8 Å². The van der Waals surface area contributed by atoms with Crippen LogP contribution in [0.4, 0.5) is 5.95 Å². The minimum absolute atomic E-state index is 0.149. The molecule has 0 aliphatic rings. The molecule has 0 bridgehead atoms. The molecule has 9 heteroatoms. The fourth-order valence-corrected chi connectivity index (χ4v) is 3.86. The van der Waals surface area contributed by atoms with Gasteiger partial charge in [-0.25, -0.2) is 9.97 Å². The standard InChI is InChI=1S/C20H19N5O3S/c1-11-3-4-14-13(9-11)23-20(25(14)8-7-18(21)26)24-19(27)17-6-5-16(29-17)15-10-22-12(2)28-15/h3-6,9-10H,7-8H2,1-2H3,(H2,21,26)(H,23,24,27). The first-order valence-electron chi connectivity index (χ1n) is 9.00. The third-order valence-electron chi connectivity index (χ3n) is 4.40. The predicted octanol–water partition coefficient (Wildman–Crippen LogP) is 3.50. The molecule has 2 amide bonds. The summed E-state index contributed by atoms with van der Waals surface area (Å²) in [6.45, 7) is 4.07. The maximum absolute atomic E-state index is 12.8. The van der Waals surface area contributed by atoms with Gasteiger partial charge in [0.15, 0.2) is 11.7 Å². The molecule has 0 spiro atoms. The summed E-state index contributed by atoms with van der Waals surface area (Å²) < 4.78 is 7.31. The molecule has 8 nitrogen and oxygen atoms in total. The number of carbonyl (C=O) groups excluding carboxylic acids is 2. The Bertz CT molecular complexity index is 1220. The van der Waals surface area contributed by atoms with Crippen molar-refractivity contribution in [2.75, 3.05) is 5.32 Å². The van der Waals surface area contributed by atoms with Crippen molar-refractivity contribution in [1.82, 2.24) is 14.5 Å². The average molecular weight is 409 g/mol. The number of fused-ring (bicyclic) bond motifs is 1. The van der Waals surface area contributed by atoms with Crippen LogP contribution in [-0.2, 0) is 11.3 Å². The van der Waals surface area contributed by atoms with Gasteiger partial charge in [-0.1, -0.05) is 6.07 Å². The molecule has 0 radical (unpaired) electrons. The number of imidazole rings is 1. The Morgan fingerprint density at radius 3 is 2.79 bits per heavy atom. The molecule has 3 N–H and O–H groups in total. The van der Waals surface area contributed by atoms with E-state index in [0.29, 0.717) is 29.0 Å². The van der Waals surface area contributed by atoms with Crippen LogP contribution in [0.2, 0.25) is 0 Å². The SMILES string of the molecule is Cc1ccc2c(c1)nc(NC(=O)c1ccc(-c3cnc(C)o3)s1)n2CCC(N)=O. The first-order valence-corrected chi connectivity index (χ1v) is 9.81. The number of nitrogens with two attached hydrogens (primary N) is 1. The van der Waals surface area contributed by atoms with Crippen LogP contribution in [-0.4, -0.2) is 26.3 Å². The number of hydrogen-bond acceptors (Lipinski definition) is 6. The molecule has 148 valence electrons. The molecule has 3 aromatic heterocycles. The molecule has 0 saturated carbocycles. The number of hydrogen-bond donors (Lipinski definition) is 2. The van der Waals surface area contributed by atoms with Gasteiger partial charge in [0.05, 0.1) is 27.0 Å². The van der Waals surface area contributed by atoms with E-state index in [1.807, 2.05) is 31.2 Å². The number of oxazole rings is 1. The van der Waals surface area contributed by atoms with Crippen LogP contribution >= 0.6 is 11.3 Å². The molecule has 4 rings (SSSR count). The quantitative estimate of drug-likeness (QED) is 0.506. The lowest BCUT2D eigenvalue weighted by molar-refractivity contribution is -0.118. The van der Waals surface area contributed by atoms with E-state index in [0.717, 1.165) is 21.5 Å². The molecule has 4 aromatic rings. The van der Waals surface area contributed by atoms with Gasteiger partial charge >= 0.3 is 0 Å². The number of amides is 2. The molecule has 0 saturated heterocycles. The van der Waals surface area contributed by atoms with E-state index in [2.05, 4.69) is 15.3 Å². The number of nitrogens with zero attached hydrogens (tertiary/aromatic N) is 3. The predicted molar refractivity (Wildman–Crippen MR) is 111 cm³/mol. The van der Waals surface area contributed by atoms with E-state index in [4.69, 9.17) is 10.2 Å². The van der Waals surface area contributed by atoms with E-state index in [1.165, 1.54) is 11.3 Å². The molecule has 0 aliphatic carbocycles. The third kappa shape index (κ3) is 3.90. The molecular weight excluding hydrogens is 390 g/mol. The lowest BCUT2D eigenvalue weighted by atomic mass is 10.2. The number of thiophene rings is 1. The summed E-state index contributed by atoms with van der Waals surface area (Å²) in [6, 6.07) is 9.36. The van der Waals surface area contributed by atoms with Crippen LogP contribution in [0.5, 0.6) is 0 Å². The number of anilines is 1. The Morgan fingerprint density at radius 2 is 2.07 bits per heavy atom. The topological polar surface area (TPSA) is 116 Å². The van der Waals surface area contributed by atoms with Gasteiger partial charge in [0.2, 0.25) is 11.9 Å². The summed E-state index contributed by atoms with van der Waals surface area (Å²) >= 11 is 1.30. The number of primary amides is 1. The number of benzene rings is 1. The molecule has 0 unspecified atom stereocenters. The van der Waals surface area contributed by atoms with Gasteiger partial charge in [-0.2, -0.15) is 0 Å². The third-order valence-corrected chi connectivity index (χ3v) is 5.50. The van der Waals surface area contributed by atoms with Crippen LogP contribution < -0.4 is 11.1 Å². The molecule has 0 aliphatic heterocycles. The van der Waals surface area contributed by atoms with E-state index >= 15 is 0 Å². The van der Waals surface area contributed by atoms with Gasteiger partial charge in [-0.05, 0) is 36.8 Å². The molecule has 0 fully saturated rings. The normalized spacial score (nSPS) is 11.1. The van der Waals surface area contributed by atoms with Crippen LogP contribution in [0.15, 0.2) is 40.9 Å². The van der Waals surface area contributed by atoms with Crippen LogP contribution in [0, 0.1) is 13.8 Å². The van der Waals surface area contributed by atoms with Crippen LogP contribution in [0.25, 0.3) is 21.7 Å². The number of nitrogens with one attached hydrogen (secondary N) is 1. The first kappa shape index (κ1) is 18.9. The lowest BCUT2D eigenvalue weighted by Crippen LogP contribution is -2.18. The Morgan fingerprint density at radius 1 is 1.24 bits per heavy atom. The highest BCUT2D eigenvalue weighted by atomic mass is 32.1. The molecule has 3 heterocycles. The van der Waals surface area contributed by atoms with Gasteiger partial charge in [-0.15, -0.1) is 11.3 Å². The zero-order valence-electron chi connectivity index (χ0n) is 15.9.